The third-order valence-corrected chi connectivity index (χ3v) is 11.4. The summed E-state index contributed by atoms with van der Waals surface area (Å²) in [6.45, 7) is 5.24. The number of carboxylic acids is 1. The molecule has 3 aliphatic rings. The Morgan fingerprint density at radius 1 is 1.02 bits per heavy atom. The maximum Gasteiger partial charge on any atom is 0.352 e. The van der Waals surface area contributed by atoms with Crippen LogP contribution < -0.4 is 11.1 Å². The van der Waals surface area contributed by atoms with Crippen molar-refractivity contribution < 1.29 is 29.1 Å². The minimum Gasteiger partial charge on any atom is -0.477 e. The molecule has 276 valence electrons. The van der Waals surface area contributed by atoms with Gasteiger partial charge in [0.05, 0.1) is 0 Å². The van der Waals surface area contributed by atoms with Gasteiger partial charge in [-0.2, -0.15) is 0 Å². The number of likely N-dealkylation sites (tertiary alicyclic amines) is 1. The molecule has 14 heteroatoms. The number of thioether (sulfide) groups is 1. The number of carbonyl (C=O) groups is 4. The number of hydrogen-bond donors (Lipinski definition) is 3. The van der Waals surface area contributed by atoms with Gasteiger partial charge in [0.2, 0.25) is 11.5 Å². The summed E-state index contributed by atoms with van der Waals surface area (Å²) in [5.41, 5.74) is 7.56. The summed E-state index contributed by atoms with van der Waals surface area (Å²) in [6, 6.07) is 27.5. The highest BCUT2D eigenvalue weighted by molar-refractivity contribution is 8.00. The molecule has 3 aliphatic heterocycles. The maximum atomic E-state index is 14.2. The first-order valence-electron chi connectivity index (χ1n) is 17.4. The molecule has 0 aliphatic carbocycles. The van der Waals surface area contributed by atoms with Gasteiger partial charge in [0.25, 0.3) is 11.8 Å². The minimum atomic E-state index is -1.31. The lowest BCUT2D eigenvalue weighted by atomic mass is 9.80. The average Bonchev–Trinajstić information content (AvgIpc) is 3.76. The molecular weight excluding hydrogens is 725 g/mol. The normalized spacial score (nSPS) is 19.6. The Hall–Kier alpha value is -5.73. The number of oxime groups is 1. The SMILES string of the molecule is CC(C)CN1CC/C(=C\C2=C(C(=O)O)N3C(=O)[C@@H](NC(=O)/C(=N\OC(c4ccccc4)(c4ccccc4)c4ccccc4)c4csc(N)n4)[C@H]3SC2)C1=O. The summed E-state index contributed by atoms with van der Waals surface area (Å²) in [5, 5.41) is 18.6. The largest absolute Gasteiger partial charge is 0.477 e. The van der Waals surface area contributed by atoms with Crippen LogP contribution in [0.25, 0.3) is 0 Å². The molecule has 0 radical (unpaired) electrons. The quantitative estimate of drug-likeness (QED) is 0.0593. The first-order chi connectivity index (χ1) is 26.1. The van der Waals surface area contributed by atoms with E-state index in [1.165, 1.54) is 16.7 Å². The van der Waals surface area contributed by atoms with Crippen molar-refractivity contribution in [2.45, 2.75) is 37.3 Å². The number of nitrogen functional groups attached to an aromatic ring is 1. The van der Waals surface area contributed by atoms with Crippen LogP contribution in [0.2, 0.25) is 0 Å². The smallest absolute Gasteiger partial charge is 0.352 e. The highest BCUT2D eigenvalue weighted by Crippen LogP contribution is 2.43. The summed E-state index contributed by atoms with van der Waals surface area (Å²) >= 11 is 2.42. The lowest BCUT2D eigenvalue weighted by Gasteiger charge is -2.49. The van der Waals surface area contributed by atoms with Gasteiger partial charge in [-0.05, 0) is 24.0 Å². The van der Waals surface area contributed by atoms with Crippen molar-refractivity contribution in [1.82, 2.24) is 20.1 Å². The Kier molecular flexibility index (Phi) is 10.4. The van der Waals surface area contributed by atoms with Crippen molar-refractivity contribution in [3.63, 3.8) is 0 Å². The lowest BCUT2D eigenvalue weighted by molar-refractivity contribution is -0.150. The number of hydrogen-bond acceptors (Lipinski definition) is 10. The van der Waals surface area contributed by atoms with Crippen molar-refractivity contribution in [1.29, 1.82) is 0 Å². The van der Waals surface area contributed by atoms with E-state index >= 15 is 0 Å². The second-order valence-electron chi connectivity index (χ2n) is 13.5. The number of nitrogens with two attached hydrogens (primary N) is 1. The van der Waals surface area contributed by atoms with Crippen molar-refractivity contribution in [2.24, 2.45) is 11.1 Å². The standard InChI is InChI=1S/C40H38N6O6S2/c1-24(2)21-45-19-18-25(35(45)48)20-26-22-53-37-32(36(49)46(37)33(26)38(50)51)43-34(47)31(30-23-54-39(41)42-30)44-52-40(27-12-6-3-7-13-27,28-14-8-4-9-15-28)29-16-10-5-11-17-29/h3-17,20,23-24,32,37H,18-19,21-22H2,1-2H3,(H2,41,42)(H,43,47)(H,50,51)/b25-20+,44-31-/t32-,37-/m1/s1. The Bertz CT molecular complexity index is 2070. The van der Waals surface area contributed by atoms with Crippen LogP contribution in [0.3, 0.4) is 0 Å². The molecule has 2 fully saturated rings. The molecule has 4 heterocycles. The number of anilines is 1. The summed E-state index contributed by atoms with van der Waals surface area (Å²) in [6.07, 6.45) is 2.11. The number of benzene rings is 3. The number of carbonyl (C=O) groups excluding carboxylic acids is 3. The van der Waals surface area contributed by atoms with E-state index < -0.39 is 34.8 Å². The Morgan fingerprint density at radius 2 is 1.61 bits per heavy atom. The highest BCUT2D eigenvalue weighted by Gasteiger charge is 2.54. The fraction of sp³-hybridized carbons (Fsp3) is 0.250. The van der Waals surface area contributed by atoms with Crippen molar-refractivity contribution in [3.8, 4) is 0 Å². The van der Waals surface area contributed by atoms with Crippen molar-refractivity contribution in [2.75, 3.05) is 24.6 Å². The minimum absolute atomic E-state index is 0.124. The molecule has 0 spiro atoms. The predicted molar refractivity (Wildman–Crippen MR) is 207 cm³/mol. The van der Waals surface area contributed by atoms with Crippen LogP contribution in [0.1, 0.15) is 42.7 Å². The summed E-state index contributed by atoms with van der Waals surface area (Å²) < 4.78 is 0. The molecule has 0 unspecified atom stereocenters. The number of amides is 3. The van der Waals surface area contributed by atoms with Gasteiger partial charge >= 0.3 is 5.97 Å². The van der Waals surface area contributed by atoms with Crippen LogP contribution in [0.15, 0.2) is 124 Å². The predicted octanol–water partition coefficient (Wildman–Crippen LogP) is 4.99. The number of aliphatic carboxylic acids is 1. The van der Waals surface area contributed by atoms with Gasteiger partial charge in [-0.25, -0.2) is 9.78 Å². The molecule has 4 N–H and O–H groups in total. The second kappa shape index (κ2) is 15.3. The number of fused-ring (bicyclic) bond motifs is 1. The topological polar surface area (TPSA) is 168 Å². The monoisotopic (exact) mass is 762 g/mol. The van der Waals surface area contributed by atoms with Gasteiger partial charge in [0.1, 0.15) is 22.8 Å². The van der Waals surface area contributed by atoms with E-state index in [-0.39, 0.29) is 33.9 Å². The van der Waals surface area contributed by atoms with Gasteiger partial charge < -0.3 is 25.9 Å². The van der Waals surface area contributed by atoms with Crippen LogP contribution in [0.5, 0.6) is 0 Å². The molecule has 1 aromatic heterocycles. The van der Waals surface area contributed by atoms with Gasteiger partial charge in [-0.15, -0.1) is 23.1 Å². The Balaban J connectivity index is 1.20. The molecule has 0 saturated carbocycles. The number of aromatic nitrogens is 1. The first kappa shape index (κ1) is 36.6. The summed E-state index contributed by atoms with van der Waals surface area (Å²) in [4.78, 5) is 67.4. The van der Waals surface area contributed by atoms with Gasteiger partial charge in [0.15, 0.2) is 10.8 Å². The van der Waals surface area contributed by atoms with Gasteiger partial charge in [-0.3, -0.25) is 19.3 Å². The number of thiazole rings is 1. The molecule has 7 rings (SSSR count). The molecule has 54 heavy (non-hydrogen) atoms. The van der Waals surface area contributed by atoms with Crippen LogP contribution >= 0.6 is 23.1 Å². The van der Waals surface area contributed by atoms with Gasteiger partial charge in [0, 0.05) is 46.5 Å². The zero-order chi connectivity index (χ0) is 38.0. The van der Waals surface area contributed by atoms with Crippen LogP contribution in [-0.4, -0.2) is 79.6 Å². The molecule has 4 aromatic rings. The zero-order valence-corrected chi connectivity index (χ0v) is 31.2. The molecule has 0 bridgehead atoms. The number of carboxylic acid groups (broad SMARTS) is 1. The van der Waals surface area contributed by atoms with E-state index in [0.717, 1.165) is 28.0 Å². The molecule has 12 nitrogen and oxygen atoms in total. The number of rotatable bonds is 12. The number of β-lactam (4-membered cyclic amide) rings is 1. The average molecular weight is 763 g/mol. The van der Waals surface area contributed by atoms with E-state index in [1.54, 1.807) is 16.4 Å². The third-order valence-electron chi connectivity index (χ3n) is 9.43. The lowest BCUT2D eigenvalue weighted by Crippen LogP contribution is -2.71. The molecular formula is C40H38N6O6S2. The number of nitrogens with one attached hydrogen (secondary N) is 1. The van der Waals surface area contributed by atoms with Crippen LogP contribution in [-0.2, 0) is 29.6 Å². The Morgan fingerprint density at radius 3 is 2.13 bits per heavy atom. The molecule has 3 aromatic carbocycles. The van der Waals surface area contributed by atoms with Crippen LogP contribution in [0, 0.1) is 5.92 Å². The van der Waals surface area contributed by atoms with E-state index in [9.17, 15) is 24.3 Å². The summed E-state index contributed by atoms with van der Waals surface area (Å²) in [5.74, 6) is -2.24. The van der Waals surface area contributed by atoms with E-state index in [2.05, 4.69) is 15.5 Å². The second-order valence-corrected chi connectivity index (χ2v) is 15.5. The maximum absolute atomic E-state index is 14.2. The van der Waals surface area contributed by atoms with E-state index in [1.807, 2.05) is 105 Å². The van der Waals surface area contributed by atoms with Crippen molar-refractivity contribution in [3.05, 3.63) is 142 Å². The Labute approximate surface area is 320 Å². The number of allylic oxidation sites excluding steroid dienone is 1. The number of nitrogens with zero attached hydrogens (tertiary/aromatic N) is 4. The third kappa shape index (κ3) is 6.90. The van der Waals surface area contributed by atoms with Crippen LogP contribution in [0.4, 0.5) is 5.13 Å². The summed E-state index contributed by atoms with van der Waals surface area (Å²) in [7, 11) is 0. The molecule has 2 saturated heterocycles. The van der Waals surface area contributed by atoms with Crippen molar-refractivity contribution >= 4 is 57.6 Å². The first-order valence-corrected chi connectivity index (χ1v) is 19.4. The fourth-order valence-electron chi connectivity index (χ4n) is 6.98. The zero-order valence-electron chi connectivity index (χ0n) is 29.5. The van der Waals surface area contributed by atoms with E-state index in [4.69, 9.17) is 10.6 Å². The highest BCUT2D eigenvalue weighted by atomic mass is 32.2. The van der Waals surface area contributed by atoms with Gasteiger partial charge in [-0.1, -0.05) is 110 Å². The fourth-order valence-corrected chi connectivity index (χ4v) is 8.83. The van der Waals surface area contributed by atoms with E-state index in [0.29, 0.717) is 36.6 Å². The molecule has 3 amide bonds. The molecule has 2 atom stereocenters.